The van der Waals surface area contributed by atoms with Crippen LogP contribution in [0.25, 0.3) is 0 Å². The summed E-state index contributed by atoms with van der Waals surface area (Å²) in [6.07, 6.45) is 0.636. The Morgan fingerprint density at radius 2 is 1.10 bits per heavy atom. The van der Waals surface area contributed by atoms with Gasteiger partial charge in [-0.2, -0.15) is 0 Å². The molecule has 0 fully saturated rings. The number of para-hydroxylation sites is 2. The van der Waals surface area contributed by atoms with Gasteiger partial charge in [-0.1, -0.05) is 48.5 Å². The number of esters is 2. The summed E-state index contributed by atoms with van der Waals surface area (Å²) in [5, 5.41) is 0. The SMILES string of the molecule is CC(=O)OCC(COC(C)=O)Cc1ccc(N(c2ccccc2)c2ccccc2)cc1. The largest absolute Gasteiger partial charge is 0.465 e. The molecule has 0 aliphatic carbocycles. The first-order chi connectivity index (χ1) is 15.0. The lowest BCUT2D eigenvalue weighted by molar-refractivity contribution is -0.146. The first kappa shape index (κ1) is 22.1. The maximum Gasteiger partial charge on any atom is 0.302 e. The summed E-state index contributed by atoms with van der Waals surface area (Å²) in [4.78, 5) is 24.6. The van der Waals surface area contributed by atoms with Crippen molar-refractivity contribution in [3.05, 3.63) is 90.5 Å². The molecular formula is C26H27NO4. The minimum absolute atomic E-state index is 0.0991. The van der Waals surface area contributed by atoms with Crippen LogP contribution in [0.1, 0.15) is 19.4 Å². The molecule has 0 bridgehead atoms. The van der Waals surface area contributed by atoms with Crippen LogP contribution < -0.4 is 4.90 Å². The van der Waals surface area contributed by atoms with E-state index in [0.29, 0.717) is 6.42 Å². The number of carbonyl (C=O) groups is 2. The maximum absolute atomic E-state index is 11.2. The predicted octanol–water partition coefficient (Wildman–Crippen LogP) is 5.44. The summed E-state index contributed by atoms with van der Waals surface area (Å²) in [6.45, 7) is 3.17. The molecule has 0 aliphatic heterocycles. The summed E-state index contributed by atoms with van der Waals surface area (Å²) < 4.78 is 10.3. The molecule has 0 aromatic heterocycles. The summed E-state index contributed by atoms with van der Waals surface area (Å²) in [5.41, 5.74) is 4.26. The smallest absolute Gasteiger partial charge is 0.302 e. The van der Waals surface area contributed by atoms with Gasteiger partial charge in [0.1, 0.15) is 0 Å². The molecule has 0 spiro atoms. The molecule has 0 heterocycles. The first-order valence-corrected chi connectivity index (χ1v) is 10.3. The minimum Gasteiger partial charge on any atom is -0.465 e. The molecule has 160 valence electrons. The van der Waals surface area contributed by atoms with Crippen molar-refractivity contribution in [1.82, 2.24) is 0 Å². The normalized spacial score (nSPS) is 10.5. The molecule has 0 N–H and O–H groups in total. The average Bonchev–Trinajstić information content (AvgIpc) is 2.78. The first-order valence-electron chi connectivity index (χ1n) is 10.3. The summed E-state index contributed by atoms with van der Waals surface area (Å²) in [7, 11) is 0. The van der Waals surface area contributed by atoms with Gasteiger partial charge in [0.25, 0.3) is 0 Å². The highest BCUT2D eigenvalue weighted by Crippen LogP contribution is 2.34. The summed E-state index contributed by atoms with van der Waals surface area (Å²) in [6, 6.07) is 28.7. The Balaban J connectivity index is 1.80. The molecule has 0 amide bonds. The van der Waals surface area contributed by atoms with Crippen molar-refractivity contribution in [1.29, 1.82) is 0 Å². The Bertz CT molecular complexity index is 914. The second-order valence-corrected chi connectivity index (χ2v) is 7.35. The number of hydrogen-bond acceptors (Lipinski definition) is 5. The van der Waals surface area contributed by atoms with Gasteiger partial charge in [-0.25, -0.2) is 0 Å². The fourth-order valence-electron chi connectivity index (χ4n) is 3.35. The third-order valence-electron chi connectivity index (χ3n) is 4.79. The molecule has 0 radical (unpaired) electrons. The number of benzene rings is 3. The van der Waals surface area contributed by atoms with E-state index in [2.05, 4.69) is 53.4 Å². The fraction of sp³-hybridized carbons (Fsp3) is 0.231. The van der Waals surface area contributed by atoms with Gasteiger partial charge < -0.3 is 14.4 Å². The molecule has 31 heavy (non-hydrogen) atoms. The van der Waals surface area contributed by atoms with Crippen molar-refractivity contribution in [2.75, 3.05) is 18.1 Å². The van der Waals surface area contributed by atoms with Crippen molar-refractivity contribution < 1.29 is 19.1 Å². The highest BCUT2D eigenvalue weighted by atomic mass is 16.5. The average molecular weight is 418 g/mol. The highest BCUT2D eigenvalue weighted by molar-refractivity contribution is 5.76. The van der Waals surface area contributed by atoms with Gasteiger partial charge in [0, 0.05) is 36.8 Å². The van der Waals surface area contributed by atoms with Crippen LogP contribution in [0.2, 0.25) is 0 Å². The number of hydrogen-bond donors (Lipinski definition) is 0. The van der Waals surface area contributed by atoms with Crippen LogP contribution >= 0.6 is 0 Å². The molecule has 0 saturated heterocycles. The zero-order valence-corrected chi connectivity index (χ0v) is 17.9. The van der Waals surface area contributed by atoms with E-state index in [1.807, 2.05) is 36.4 Å². The van der Waals surface area contributed by atoms with Crippen LogP contribution in [-0.4, -0.2) is 25.2 Å². The van der Waals surface area contributed by atoms with Crippen LogP contribution in [-0.2, 0) is 25.5 Å². The third-order valence-corrected chi connectivity index (χ3v) is 4.79. The minimum atomic E-state index is -0.343. The van der Waals surface area contributed by atoms with Crippen LogP contribution in [0.3, 0.4) is 0 Å². The second kappa shape index (κ2) is 11.0. The highest BCUT2D eigenvalue weighted by Gasteiger charge is 2.15. The molecule has 3 rings (SSSR count). The standard InChI is InChI=1S/C26H27NO4/c1-20(28)30-18-23(19-31-21(2)29)17-22-13-15-26(16-14-22)27(24-9-5-3-6-10-24)25-11-7-4-8-12-25/h3-16,23H,17-19H2,1-2H3. The van der Waals surface area contributed by atoms with E-state index in [9.17, 15) is 9.59 Å². The van der Waals surface area contributed by atoms with Crippen LogP contribution in [0, 0.1) is 5.92 Å². The van der Waals surface area contributed by atoms with Crippen molar-refractivity contribution in [3.63, 3.8) is 0 Å². The molecule has 0 saturated carbocycles. The fourth-order valence-corrected chi connectivity index (χ4v) is 3.35. The quantitative estimate of drug-likeness (QED) is 0.434. The lowest BCUT2D eigenvalue weighted by atomic mass is 10.00. The number of anilines is 3. The molecule has 0 aliphatic rings. The van der Waals surface area contributed by atoms with E-state index in [0.717, 1.165) is 22.6 Å². The topological polar surface area (TPSA) is 55.8 Å². The van der Waals surface area contributed by atoms with Gasteiger partial charge in [-0.05, 0) is 48.4 Å². The molecule has 5 heteroatoms. The van der Waals surface area contributed by atoms with Gasteiger partial charge in [-0.3, -0.25) is 9.59 Å². The van der Waals surface area contributed by atoms with E-state index in [-0.39, 0.29) is 31.1 Å². The number of carbonyl (C=O) groups excluding carboxylic acids is 2. The van der Waals surface area contributed by atoms with E-state index in [1.54, 1.807) is 0 Å². The molecule has 5 nitrogen and oxygen atoms in total. The zero-order chi connectivity index (χ0) is 22.1. The molecule has 0 atom stereocenters. The van der Waals surface area contributed by atoms with Crippen molar-refractivity contribution >= 4 is 29.0 Å². The molecule has 3 aromatic rings. The second-order valence-electron chi connectivity index (χ2n) is 7.35. The lowest BCUT2D eigenvalue weighted by Gasteiger charge is -2.25. The van der Waals surface area contributed by atoms with E-state index in [4.69, 9.17) is 9.47 Å². The Morgan fingerprint density at radius 1 is 0.677 bits per heavy atom. The Morgan fingerprint density at radius 3 is 1.52 bits per heavy atom. The number of rotatable bonds is 9. The Kier molecular flexibility index (Phi) is 7.82. The summed E-state index contributed by atoms with van der Waals surface area (Å²) in [5.74, 6) is -0.785. The predicted molar refractivity (Wildman–Crippen MR) is 122 cm³/mol. The molecular weight excluding hydrogens is 390 g/mol. The van der Waals surface area contributed by atoms with Gasteiger partial charge in [0.2, 0.25) is 0 Å². The van der Waals surface area contributed by atoms with E-state index in [1.165, 1.54) is 13.8 Å². The van der Waals surface area contributed by atoms with Crippen LogP contribution in [0.5, 0.6) is 0 Å². The molecule has 3 aromatic carbocycles. The third kappa shape index (κ3) is 6.71. The summed E-state index contributed by atoms with van der Waals surface area (Å²) >= 11 is 0. The van der Waals surface area contributed by atoms with E-state index >= 15 is 0 Å². The Hall–Kier alpha value is -3.60. The van der Waals surface area contributed by atoms with Crippen molar-refractivity contribution in [2.24, 2.45) is 5.92 Å². The zero-order valence-electron chi connectivity index (χ0n) is 17.9. The van der Waals surface area contributed by atoms with Gasteiger partial charge in [0.05, 0.1) is 13.2 Å². The molecule has 0 unspecified atom stereocenters. The number of ether oxygens (including phenoxy) is 2. The monoisotopic (exact) mass is 417 g/mol. The van der Waals surface area contributed by atoms with Crippen molar-refractivity contribution in [3.8, 4) is 0 Å². The van der Waals surface area contributed by atoms with Gasteiger partial charge >= 0.3 is 11.9 Å². The van der Waals surface area contributed by atoms with Gasteiger partial charge in [0.15, 0.2) is 0 Å². The lowest BCUT2D eigenvalue weighted by Crippen LogP contribution is -2.21. The van der Waals surface area contributed by atoms with Crippen LogP contribution in [0.15, 0.2) is 84.9 Å². The number of nitrogens with zero attached hydrogens (tertiary/aromatic N) is 1. The van der Waals surface area contributed by atoms with Crippen LogP contribution in [0.4, 0.5) is 17.1 Å². The maximum atomic E-state index is 11.2. The van der Waals surface area contributed by atoms with Gasteiger partial charge in [-0.15, -0.1) is 0 Å². The van der Waals surface area contributed by atoms with Crippen molar-refractivity contribution in [2.45, 2.75) is 20.3 Å². The van der Waals surface area contributed by atoms with E-state index < -0.39 is 0 Å². The Labute approximate surface area is 183 Å².